The Balaban J connectivity index is 1.90. The highest BCUT2D eigenvalue weighted by atomic mass is 16.2. The molecule has 116 valence electrons. The summed E-state index contributed by atoms with van der Waals surface area (Å²) in [4.78, 5) is 29.2. The zero-order valence-electron chi connectivity index (χ0n) is 13.1. The van der Waals surface area contributed by atoms with Gasteiger partial charge in [-0.1, -0.05) is 18.9 Å². The molecule has 0 aliphatic heterocycles. The van der Waals surface area contributed by atoms with E-state index >= 15 is 0 Å². The number of aryl methyl sites for hydroxylation is 2. The first kappa shape index (κ1) is 14.8. The van der Waals surface area contributed by atoms with Gasteiger partial charge in [0.25, 0.3) is 5.56 Å². The lowest BCUT2D eigenvalue weighted by molar-refractivity contribution is -0.117. The van der Waals surface area contributed by atoms with Crippen LogP contribution >= 0.6 is 0 Å². The van der Waals surface area contributed by atoms with Crippen LogP contribution < -0.4 is 10.9 Å². The Labute approximate surface area is 129 Å². The highest BCUT2D eigenvalue weighted by molar-refractivity contribution is 5.91. The van der Waals surface area contributed by atoms with E-state index in [0.717, 1.165) is 18.4 Å². The number of carbonyl (C=O) groups excluding carboxylic acids is 1. The van der Waals surface area contributed by atoms with Crippen LogP contribution in [0.5, 0.6) is 0 Å². The van der Waals surface area contributed by atoms with Crippen LogP contribution in [0.3, 0.4) is 0 Å². The molecule has 1 fully saturated rings. The first-order chi connectivity index (χ1) is 10.6. The molecule has 0 radical (unpaired) electrons. The van der Waals surface area contributed by atoms with E-state index in [1.54, 1.807) is 13.1 Å². The number of hydrogen-bond acceptors (Lipinski definition) is 3. The number of carbonyl (C=O) groups is 1. The lowest BCUT2D eigenvalue weighted by Crippen LogP contribution is -2.26. The fourth-order valence-corrected chi connectivity index (χ4v) is 3.22. The molecule has 5 nitrogen and oxygen atoms in total. The van der Waals surface area contributed by atoms with Crippen LogP contribution in [0.25, 0.3) is 5.65 Å². The van der Waals surface area contributed by atoms with Gasteiger partial charge in [0.05, 0.1) is 5.69 Å². The third-order valence-corrected chi connectivity index (χ3v) is 4.44. The summed E-state index contributed by atoms with van der Waals surface area (Å²) >= 11 is 0. The van der Waals surface area contributed by atoms with Crippen molar-refractivity contribution in [2.75, 3.05) is 5.32 Å². The van der Waals surface area contributed by atoms with E-state index in [0.29, 0.717) is 29.4 Å². The second kappa shape index (κ2) is 5.91. The van der Waals surface area contributed by atoms with Crippen LogP contribution in [0.2, 0.25) is 0 Å². The molecule has 0 spiro atoms. The highest BCUT2D eigenvalue weighted by Crippen LogP contribution is 2.27. The van der Waals surface area contributed by atoms with Crippen molar-refractivity contribution in [3.05, 3.63) is 39.9 Å². The van der Waals surface area contributed by atoms with Gasteiger partial charge in [0.2, 0.25) is 5.91 Å². The minimum Gasteiger partial charge on any atom is -0.320 e. The van der Waals surface area contributed by atoms with Crippen LogP contribution in [0.4, 0.5) is 5.69 Å². The van der Waals surface area contributed by atoms with E-state index in [-0.39, 0.29) is 11.5 Å². The van der Waals surface area contributed by atoms with Crippen molar-refractivity contribution in [2.24, 2.45) is 5.92 Å². The Hall–Kier alpha value is -2.17. The van der Waals surface area contributed by atoms with Gasteiger partial charge in [-0.3, -0.25) is 14.0 Å². The first-order valence-corrected chi connectivity index (χ1v) is 7.84. The number of rotatable bonds is 3. The quantitative estimate of drug-likeness (QED) is 0.948. The maximum atomic E-state index is 12.6. The summed E-state index contributed by atoms with van der Waals surface area (Å²) in [5, 5.41) is 2.78. The van der Waals surface area contributed by atoms with Gasteiger partial charge in [-0.2, -0.15) is 0 Å². The van der Waals surface area contributed by atoms with Crippen molar-refractivity contribution in [2.45, 2.75) is 46.0 Å². The lowest BCUT2D eigenvalue weighted by Gasteiger charge is -2.12. The largest absolute Gasteiger partial charge is 0.320 e. The summed E-state index contributed by atoms with van der Waals surface area (Å²) in [5.74, 6) is 0.375. The smallest absolute Gasteiger partial charge is 0.281 e. The molecule has 5 heteroatoms. The number of amides is 1. The normalized spacial score (nSPS) is 15.4. The van der Waals surface area contributed by atoms with Crippen LogP contribution in [-0.2, 0) is 4.79 Å². The van der Waals surface area contributed by atoms with Crippen molar-refractivity contribution in [1.82, 2.24) is 9.38 Å². The molecule has 1 amide bonds. The maximum Gasteiger partial charge on any atom is 0.281 e. The minimum absolute atomic E-state index is 0.0819. The second-order valence-corrected chi connectivity index (χ2v) is 6.16. The fourth-order valence-electron chi connectivity index (χ4n) is 3.22. The number of hydrogen-bond donors (Lipinski definition) is 1. The van der Waals surface area contributed by atoms with E-state index in [1.807, 2.05) is 19.1 Å². The monoisotopic (exact) mass is 299 g/mol. The van der Waals surface area contributed by atoms with Crippen molar-refractivity contribution in [3.63, 3.8) is 0 Å². The average molecular weight is 299 g/mol. The number of fused-ring (bicyclic) bond motifs is 1. The number of aromatic nitrogens is 2. The predicted molar refractivity (Wildman–Crippen MR) is 86.1 cm³/mol. The summed E-state index contributed by atoms with van der Waals surface area (Å²) in [7, 11) is 0. The van der Waals surface area contributed by atoms with E-state index in [9.17, 15) is 9.59 Å². The van der Waals surface area contributed by atoms with Crippen molar-refractivity contribution in [1.29, 1.82) is 0 Å². The second-order valence-electron chi connectivity index (χ2n) is 6.16. The van der Waals surface area contributed by atoms with Gasteiger partial charge in [-0.15, -0.1) is 0 Å². The number of pyridine rings is 1. The maximum absolute atomic E-state index is 12.6. The molecule has 0 unspecified atom stereocenters. The van der Waals surface area contributed by atoms with Crippen LogP contribution in [-0.4, -0.2) is 15.3 Å². The third-order valence-electron chi connectivity index (χ3n) is 4.44. The molecular formula is C17H21N3O2. The van der Waals surface area contributed by atoms with Crippen LogP contribution in [0.15, 0.2) is 23.1 Å². The lowest BCUT2D eigenvalue weighted by atomic mass is 10.0. The summed E-state index contributed by atoms with van der Waals surface area (Å²) in [6.45, 7) is 3.68. The topological polar surface area (TPSA) is 63.5 Å². The third kappa shape index (κ3) is 2.75. The van der Waals surface area contributed by atoms with Crippen molar-refractivity contribution >= 4 is 17.2 Å². The Morgan fingerprint density at radius 1 is 1.36 bits per heavy atom. The van der Waals surface area contributed by atoms with Gasteiger partial charge < -0.3 is 5.32 Å². The van der Waals surface area contributed by atoms with Gasteiger partial charge in [-0.05, 0) is 44.2 Å². The molecule has 1 N–H and O–H groups in total. The summed E-state index contributed by atoms with van der Waals surface area (Å²) in [6.07, 6.45) is 6.81. The van der Waals surface area contributed by atoms with Crippen LogP contribution in [0, 0.1) is 19.8 Å². The fraction of sp³-hybridized carbons (Fsp3) is 0.471. The molecule has 1 aliphatic rings. The van der Waals surface area contributed by atoms with Gasteiger partial charge in [-0.25, -0.2) is 4.98 Å². The SMILES string of the molecule is Cc1nc2c(C)cccn2c(=O)c1NC(=O)CC1CCCC1. The molecule has 0 bridgehead atoms. The molecule has 2 heterocycles. The molecular weight excluding hydrogens is 278 g/mol. The van der Waals surface area contributed by atoms with E-state index in [2.05, 4.69) is 10.3 Å². The van der Waals surface area contributed by atoms with E-state index in [4.69, 9.17) is 0 Å². The molecule has 1 saturated carbocycles. The van der Waals surface area contributed by atoms with E-state index < -0.39 is 0 Å². The Morgan fingerprint density at radius 2 is 2.09 bits per heavy atom. The Bertz CT molecular complexity index is 773. The molecule has 22 heavy (non-hydrogen) atoms. The number of anilines is 1. The summed E-state index contributed by atoms with van der Waals surface area (Å²) < 4.78 is 1.49. The Morgan fingerprint density at radius 3 is 2.82 bits per heavy atom. The Kier molecular flexibility index (Phi) is 3.96. The highest BCUT2D eigenvalue weighted by Gasteiger charge is 2.20. The standard InChI is InChI=1S/C17H21N3O2/c1-11-6-5-9-20-16(11)18-12(2)15(17(20)22)19-14(21)10-13-7-3-4-8-13/h5-6,9,13H,3-4,7-8,10H2,1-2H3,(H,19,21). The minimum atomic E-state index is -0.217. The van der Waals surface area contributed by atoms with Gasteiger partial charge in [0.1, 0.15) is 11.3 Å². The van der Waals surface area contributed by atoms with Gasteiger partial charge in [0, 0.05) is 12.6 Å². The molecule has 0 saturated heterocycles. The zero-order valence-corrected chi connectivity index (χ0v) is 13.1. The molecule has 0 atom stereocenters. The van der Waals surface area contributed by atoms with E-state index in [1.165, 1.54) is 17.2 Å². The predicted octanol–water partition coefficient (Wildman–Crippen LogP) is 2.83. The number of nitrogens with one attached hydrogen (secondary N) is 1. The molecule has 0 aromatic carbocycles. The summed E-state index contributed by atoms with van der Waals surface area (Å²) in [6, 6.07) is 3.73. The average Bonchev–Trinajstić information content (AvgIpc) is 2.97. The number of nitrogens with zero attached hydrogens (tertiary/aromatic N) is 2. The molecule has 1 aliphatic carbocycles. The van der Waals surface area contributed by atoms with Crippen molar-refractivity contribution in [3.8, 4) is 0 Å². The molecule has 2 aromatic heterocycles. The molecule has 3 rings (SSSR count). The zero-order chi connectivity index (χ0) is 15.7. The first-order valence-electron chi connectivity index (χ1n) is 7.84. The van der Waals surface area contributed by atoms with Gasteiger partial charge in [0.15, 0.2) is 0 Å². The summed E-state index contributed by atoms with van der Waals surface area (Å²) in [5.41, 5.74) is 2.22. The van der Waals surface area contributed by atoms with Crippen molar-refractivity contribution < 1.29 is 4.79 Å². The molecule has 2 aromatic rings. The van der Waals surface area contributed by atoms with Gasteiger partial charge >= 0.3 is 0 Å². The van der Waals surface area contributed by atoms with Crippen LogP contribution in [0.1, 0.15) is 43.4 Å².